The predicted octanol–water partition coefficient (Wildman–Crippen LogP) is 4.85. The molecule has 3 nitrogen and oxygen atoms in total. The maximum absolute atomic E-state index is 4.68. The zero-order chi connectivity index (χ0) is 14.7. The van der Waals surface area contributed by atoms with Crippen molar-refractivity contribution in [1.29, 1.82) is 0 Å². The van der Waals surface area contributed by atoms with E-state index in [4.69, 9.17) is 0 Å². The summed E-state index contributed by atoms with van der Waals surface area (Å²) in [6, 6.07) is 1.07. The van der Waals surface area contributed by atoms with Crippen LogP contribution in [0.25, 0.3) is 0 Å². The largest absolute Gasteiger partial charge is 0.379 e. The van der Waals surface area contributed by atoms with E-state index in [0.29, 0.717) is 12.1 Å². The fraction of sp³-hybridized carbons (Fsp3) is 0.824. The van der Waals surface area contributed by atoms with Gasteiger partial charge in [0.2, 0.25) is 0 Å². The molecule has 1 saturated carbocycles. The molecule has 1 heterocycles. The smallest absolute Gasteiger partial charge is 0.0828 e. The fourth-order valence-electron chi connectivity index (χ4n) is 3.51. The summed E-state index contributed by atoms with van der Waals surface area (Å²) < 4.78 is 2.14. The Morgan fingerprint density at radius 2 is 1.95 bits per heavy atom. The molecule has 20 heavy (non-hydrogen) atoms. The Bertz CT molecular complexity index is 434. The third-order valence-electron chi connectivity index (χ3n) is 4.83. The number of aromatic nitrogens is 2. The highest BCUT2D eigenvalue weighted by Crippen LogP contribution is 2.29. The van der Waals surface area contributed by atoms with Gasteiger partial charge >= 0.3 is 0 Å². The van der Waals surface area contributed by atoms with E-state index in [0.717, 1.165) is 11.6 Å². The van der Waals surface area contributed by atoms with Crippen molar-refractivity contribution >= 4 is 5.69 Å². The molecule has 114 valence electrons. The van der Waals surface area contributed by atoms with Crippen LogP contribution in [-0.4, -0.2) is 15.8 Å². The molecule has 1 aliphatic rings. The maximum Gasteiger partial charge on any atom is 0.0828 e. The van der Waals surface area contributed by atoms with Crippen LogP contribution in [0.3, 0.4) is 0 Å². The van der Waals surface area contributed by atoms with Crippen LogP contribution in [0.1, 0.15) is 76.7 Å². The van der Waals surface area contributed by atoms with E-state index in [-0.39, 0.29) is 0 Å². The highest BCUT2D eigenvalue weighted by atomic mass is 15.3. The van der Waals surface area contributed by atoms with Gasteiger partial charge in [-0.15, -0.1) is 0 Å². The molecule has 0 saturated heterocycles. The number of hydrogen-bond acceptors (Lipinski definition) is 2. The van der Waals surface area contributed by atoms with Gasteiger partial charge in [0.1, 0.15) is 0 Å². The van der Waals surface area contributed by atoms with Gasteiger partial charge in [0.05, 0.1) is 17.1 Å². The third-order valence-corrected chi connectivity index (χ3v) is 4.83. The molecular weight excluding hydrogens is 246 g/mol. The van der Waals surface area contributed by atoms with Crippen molar-refractivity contribution < 1.29 is 0 Å². The van der Waals surface area contributed by atoms with Crippen molar-refractivity contribution in [2.24, 2.45) is 5.92 Å². The molecule has 3 heteroatoms. The van der Waals surface area contributed by atoms with Crippen molar-refractivity contribution in [3.8, 4) is 0 Å². The first-order chi connectivity index (χ1) is 9.52. The number of nitrogens with zero attached hydrogens (tertiary/aromatic N) is 2. The Morgan fingerprint density at radius 1 is 1.20 bits per heavy atom. The molecule has 1 fully saturated rings. The van der Waals surface area contributed by atoms with Crippen LogP contribution in [0.15, 0.2) is 0 Å². The lowest BCUT2D eigenvalue weighted by Gasteiger charge is -2.18. The average Bonchev–Trinajstić information content (AvgIpc) is 2.60. The quantitative estimate of drug-likeness (QED) is 0.797. The minimum atomic E-state index is 0.433. The van der Waals surface area contributed by atoms with Gasteiger partial charge in [-0.1, -0.05) is 26.2 Å². The summed E-state index contributed by atoms with van der Waals surface area (Å²) in [5, 5.41) is 8.48. The van der Waals surface area contributed by atoms with Crippen molar-refractivity contribution in [2.45, 2.75) is 85.2 Å². The number of nitrogens with one attached hydrogen (secondary N) is 1. The van der Waals surface area contributed by atoms with Gasteiger partial charge in [0, 0.05) is 12.1 Å². The predicted molar refractivity (Wildman–Crippen MR) is 86.4 cm³/mol. The molecule has 1 aromatic heterocycles. The lowest BCUT2D eigenvalue weighted by Crippen LogP contribution is -2.19. The van der Waals surface area contributed by atoms with Crippen LogP contribution < -0.4 is 5.32 Å². The molecule has 2 atom stereocenters. The van der Waals surface area contributed by atoms with Crippen LogP contribution in [0.2, 0.25) is 0 Å². The first-order valence-corrected chi connectivity index (χ1v) is 8.35. The fourth-order valence-corrected chi connectivity index (χ4v) is 3.51. The zero-order valence-corrected chi connectivity index (χ0v) is 13.9. The minimum Gasteiger partial charge on any atom is -0.379 e. The molecule has 0 amide bonds. The summed E-state index contributed by atoms with van der Waals surface area (Å²) >= 11 is 0. The molecule has 0 aromatic carbocycles. The highest BCUT2D eigenvalue weighted by Gasteiger charge is 2.20. The van der Waals surface area contributed by atoms with Gasteiger partial charge in [-0.25, -0.2) is 0 Å². The molecule has 0 aliphatic heterocycles. The van der Waals surface area contributed by atoms with E-state index in [9.17, 15) is 0 Å². The molecule has 1 N–H and O–H groups in total. The minimum absolute atomic E-state index is 0.433. The van der Waals surface area contributed by atoms with Crippen LogP contribution >= 0.6 is 0 Å². The first kappa shape index (κ1) is 15.4. The number of hydrogen-bond donors (Lipinski definition) is 1. The molecule has 0 bridgehead atoms. The van der Waals surface area contributed by atoms with E-state index in [1.165, 1.54) is 49.9 Å². The van der Waals surface area contributed by atoms with E-state index in [1.54, 1.807) is 0 Å². The normalized spacial score (nSPS) is 23.9. The third kappa shape index (κ3) is 3.36. The van der Waals surface area contributed by atoms with Crippen molar-refractivity contribution in [2.75, 3.05) is 5.32 Å². The maximum atomic E-state index is 4.68. The number of aryl methyl sites for hydroxylation is 1. The van der Waals surface area contributed by atoms with E-state index in [2.05, 4.69) is 49.7 Å². The Kier molecular flexibility index (Phi) is 5.11. The lowest BCUT2D eigenvalue weighted by molar-refractivity contribution is 0.444. The van der Waals surface area contributed by atoms with E-state index in [1.807, 2.05) is 0 Å². The van der Waals surface area contributed by atoms with Gasteiger partial charge in [-0.3, -0.25) is 4.68 Å². The molecule has 2 rings (SSSR count). The summed E-state index contributed by atoms with van der Waals surface area (Å²) in [7, 11) is 0. The SMILES string of the molecule is CCC1CCCC(Nc2c(C)nn(C(C)C)c2C)CC1. The monoisotopic (exact) mass is 277 g/mol. The second kappa shape index (κ2) is 6.64. The standard InChI is InChI=1S/C17H31N3/c1-6-15-8-7-9-16(11-10-15)18-17-13(4)19-20(12(2)3)14(17)5/h12,15-16,18H,6-11H2,1-5H3. The second-order valence-electron chi connectivity index (χ2n) is 6.71. The highest BCUT2D eigenvalue weighted by molar-refractivity contribution is 5.52. The molecule has 1 aromatic rings. The van der Waals surface area contributed by atoms with Gasteiger partial charge in [0.25, 0.3) is 0 Å². The molecule has 0 radical (unpaired) electrons. The Hall–Kier alpha value is -0.990. The van der Waals surface area contributed by atoms with Crippen LogP contribution in [0.5, 0.6) is 0 Å². The summed E-state index contributed by atoms with van der Waals surface area (Å²) in [6.45, 7) is 11.0. The van der Waals surface area contributed by atoms with E-state index >= 15 is 0 Å². The summed E-state index contributed by atoms with van der Waals surface area (Å²) in [6.07, 6.45) is 8.12. The number of rotatable bonds is 4. The second-order valence-corrected chi connectivity index (χ2v) is 6.71. The molecule has 1 aliphatic carbocycles. The van der Waals surface area contributed by atoms with Gasteiger partial charge in [0.15, 0.2) is 0 Å². The first-order valence-electron chi connectivity index (χ1n) is 8.35. The van der Waals surface area contributed by atoms with Crippen LogP contribution in [0.4, 0.5) is 5.69 Å². The molecule has 2 unspecified atom stereocenters. The van der Waals surface area contributed by atoms with Crippen LogP contribution in [-0.2, 0) is 0 Å². The summed E-state index contributed by atoms with van der Waals surface area (Å²) in [5.41, 5.74) is 3.71. The van der Waals surface area contributed by atoms with Gasteiger partial charge < -0.3 is 5.32 Å². The van der Waals surface area contributed by atoms with Crippen molar-refractivity contribution in [1.82, 2.24) is 9.78 Å². The Balaban J connectivity index is 2.06. The van der Waals surface area contributed by atoms with Crippen molar-refractivity contribution in [3.05, 3.63) is 11.4 Å². The van der Waals surface area contributed by atoms with Crippen LogP contribution in [0, 0.1) is 19.8 Å². The van der Waals surface area contributed by atoms with Crippen molar-refractivity contribution in [3.63, 3.8) is 0 Å². The number of anilines is 1. The summed E-state index contributed by atoms with van der Waals surface area (Å²) in [4.78, 5) is 0. The summed E-state index contributed by atoms with van der Waals surface area (Å²) in [5.74, 6) is 0.947. The Labute approximate surface area is 124 Å². The van der Waals surface area contributed by atoms with E-state index < -0.39 is 0 Å². The topological polar surface area (TPSA) is 29.9 Å². The zero-order valence-electron chi connectivity index (χ0n) is 13.9. The average molecular weight is 277 g/mol. The lowest BCUT2D eigenvalue weighted by atomic mass is 9.98. The Morgan fingerprint density at radius 3 is 2.55 bits per heavy atom. The molecule has 0 spiro atoms. The van der Waals surface area contributed by atoms with Gasteiger partial charge in [-0.05, 0) is 52.9 Å². The van der Waals surface area contributed by atoms with Gasteiger partial charge in [-0.2, -0.15) is 5.10 Å². The molecular formula is C17H31N3.